The van der Waals surface area contributed by atoms with Crippen LogP contribution < -0.4 is 42.7 Å². The zero-order valence-electron chi connectivity index (χ0n) is 29.5. The Kier molecular flexibility index (Phi) is 18.9. The smallest absolute Gasteiger partial charge is 0.664 e. The Labute approximate surface area is 335 Å². The van der Waals surface area contributed by atoms with Gasteiger partial charge in [-0.3, -0.25) is 0 Å². The van der Waals surface area contributed by atoms with Crippen molar-refractivity contribution < 1.29 is 54.6 Å². The maximum Gasteiger partial charge on any atom is 1.00 e. The second kappa shape index (κ2) is 22.2. The topological polar surface area (TPSA) is 103 Å². The predicted octanol–water partition coefficient (Wildman–Crippen LogP) is 4.09. The first-order valence-corrected chi connectivity index (χ1v) is 19.5. The first kappa shape index (κ1) is 44.3. The van der Waals surface area contributed by atoms with Crippen molar-refractivity contribution in [1.82, 2.24) is 13.9 Å². The van der Waals surface area contributed by atoms with E-state index in [1.165, 1.54) is 38.8 Å². The molecule has 0 unspecified atom stereocenters. The van der Waals surface area contributed by atoms with Crippen LogP contribution >= 0.6 is 10.7 Å². The molecule has 0 aliphatic rings. The van der Waals surface area contributed by atoms with Crippen LogP contribution in [0.3, 0.4) is 0 Å². The third-order valence-electron chi connectivity index (χ3n) is 7.11. The molecule has 3 heterocycles. The molecule has 0 bridgehead atoms. The van der Waals surface area contributed by atoms with Gasteiger partial charge in [-0.15, -0.1) is 5.52 Å². The number of para-hydroxylation sites is 3. The number of aromatic nitrogens is 3. The standard InChI is InChI=1S/C14H11NO2S.C8H7N.C8H6N.C6H5ClO2S.C4H9.2Li/c16-18(17,13-7-2-1-3-8-13)15-11-10-12-6-4-5-9-14(12)15;2*1-2-4-8-7(3-1)5-6-9-8;7-10(8,9)6-4-2-1-3-5-6;1-3-4-2;;/h1-11H;1-6,9H;1-6H;1-5H;1,3-4H2,2H3;;/q;;-1;;-1;2*+1. The minimum Gasteiger partial charge on any atom is -0.664 e. The van der Waals surface area contributed by atoms with Crippen LogP contribution in [0.2, 0.25) is 0 Å². The van der Waals surface area contributed by atoms with Crippen molar-refractivity contribution >= 4 is 62.5 Å². The van der Waals surface area contributed by atoms with Crippen LogP contribution in [-0.2, 0) is 19.1 Å². The predicted molar refractivity (Wildman–Crippen MR) is 206 cm³/mol. The van der Waals surface area contributed by atoms with E-state index < -0.39 is 19.1 Å². The van der Waals surface area contributed by atoms with Crippen LogP contribution in [-0.4, -0.2) is 25.8 Å². The largest absolute Gasteiger partial charge is 1.00 e. The van der Waals surface area contributed by atoms with Crippen molar-refractivity contribution in [3.63, 3.8) is 0 Å². The number of hydrogen-bond donors (Lipinski definition) is 1. The summed E-state index contributed by atoms with van der Waals surface area (Å²) in [5.41, 5.74) is 2.98. The van der Waals surface area contributed by atoms with E-state index in [0.29, 0.717) is 10.4 Å². The van der Waals surface area contributed by atoms with Gasteiger partial charge in [-0.05, 0) is 59.3 Å². The third-order valence-corrected chi connectivity index (χ3v) is 10.2. The summed E-state index contributed by atoms with van der Waals surface area (Å²) in [6, 6.07) is 45.9. The number of unbranched alkanes of at least 4 members (excludes halogenated alkanes) is 1. The van der Waals surface area contributed by atoms with Gasteiger partial charge in [-0.25, -0.2) is 20.8 Å². The number of hydrogen-bond acceptors (Lipinski definition) is 4. The van der Waals surface area contributed by atoms with Gasteiger partial charge in [0.25, 0.3) is 19.1 Å². The fourth-order valence-electron chi connectivity index (χ4n) is 4.50. The number of benzene rings is 5. The van der Waals surface area contributed by atoms with E-state index in [0.717, 1.165) is 17.3 Å². The van der Waals surface area contributed by atoms with E-state index in [2.05, 4.69) is 48.1 Å². The van der Waals surface area contributed by atoms with E-state index in [9.17, 15) is 16.8 Å². The number of halogens is 1. The zero-order valence-corrected chi connectivity index (χ0v) is 31.9. The van der Waals surface area contributed by atoms with Gasteiger partial charge in [-0.1, -0.05) is 116 Å². The number of fused-ring (bicyclic) bond motifs is 3. The van der Waals surface area contributed by atoms with Crippen LogP contribution in [0, 0.1) is 6.92 Å². The van der Waals surface area contributed by atoms with Crippen molar-refractivity contribution in [3.05, 3.63) is 177 Å². The SMILES string of the molecule is O=S(=O)(Cl)c1ccccc1.O=S(=O)(c1ccccc1)n1ccc2ccccc21.[CH2-]CCC.[Li+].[Li+].c1ccc2[n-]ccc2c1.c1ccc2[nH]ccc2c1. The molecule has 8 aromatic rings. The molecule has 5 aromatic carbocycles. The molecule has 0 atom stereocenters. The molecule has 0 aliphatic heterocycles. The average molecular weight is 738 g/mol. The number of rotatable bonds is 4. The molecule has 258 valence electrons. The Morgan fingerprint density at radius 2 is 1.15 bits per heavy atom. The van der Waals surface area contributed by atoms with Gasteiger partial charge in [0.2, 0.25) is 0 Å². The summed E-state index contributed by atoms with van der Waals surface area (Å²) in [7, 11) is -2.01. The Hall–Kier alpha value is -3.90. The van der Waals surface area contributed by atoms with Crippen molar-refractivity contribution in [2.75, 3.05) is 0 Å². The molecule has 12 heteroatoms. The van der Waals surface area contributed by atoms with Gasteiger partial charge in [0, 0.05) is 34.0 Å². The Morgan fingerprint density at radius 1 is 0.635 bits per heavy atom. The molecule has 0 saturated heterocycles. The maximum absolute atomic E-state index is 12.5. The van der Waals surface area contributed by atoms with Crippen LogP contribution in [0.25, 0.3) is 32.7 Å². The van der Waals surface area contributed by atoms with Crippen molar-refractivity contribution in [2.24, 2.45) is 0 Å². The first-order valence-electron chi connectivity index (χ1n) is 15.8. The van der Waals surface area contributed by atoms with E-state index in [1.54, 1.807) is 66.9 Å². The molecule has 1 N–H and O–H groups in total. The quantitative estimate of drug-likeness (QED) is 0.167. The summed E-state index contributed by atoms with van der Waals surface area (Å²) in [5, 5.41) is 3.41. The van der Waals surface area contributed by atoms with E-state index in [-0.39, 0.29) is 42.6 Å². The van der Waals surface area contributed by atoms with E-state index in [4.69, 9.17) is 10.7 Å². The molecule has 0 saturated carbocycles. The Morgan fingerprint density at radius 3 is 1.71 bits per heavy atom. The van der Waals surface area contributed by atoms with Crippen LogP contribution in [0.1, 0.15) is 19.8 Å². The summed E-state index contributed by atoms with van der Waals surface area (Å²) < 4.78 is 47.5. The number of H-pyrrole nitrogens is 1. The monoisotopic (exact) mass is 737 g/mol. The second-order valence-corrected chi connectivity index (χ2v) is 15.0. The second-order valence-electron chi connectivity index (χ2n) is 10.7. The fraction of sp³-hybridized carbons (Fsp3) is 0.0750. The number of aromatic amines is 1. The van der Waals surface area contributed by atoms with Gasteiger partial charge in [0.15, 0.2) is 0 Å². The van der Waals surface area contributed by atoms with E-state index in [1.807, 2.05) is 67.0 Å². The van der Waals surface area contributed by atoms with Crippen LogP contribution in [0.5, 0.6) is 0 Å². The van der Waals surface area contributed by atoms with Gasteiger partial charge >= 0.3 is 37.7 Å². The van der Waals surface area contributed by atoms with Crippen molar-refractivity contribution in [3.8, 4) is 0 Å². The minimum atomic E-state index is -3.53. The maximum atomic E-state index is 12.5. The molecular weight excluding hydrogens is 700 g/mol. The molecular formula is C40H38ClLi2N3O4S2. The molecule has 3 aromatic heterocycles. The zero-order chi connectivity index (χ0) is 35.8. The van der Waals surface area contributed by atoms with Crippen LogP contribution in [0.15, 0.2) is 180 Å². The van der Waals surface area contributed by atoms with E-state index >= 15 is 0 Å². The molecule has 0 spiro atoms. The summed E-state index contributed by atoms with van der Waals surface area (Å²) in [6.07, 6.45) is 7.64. The third kappa shape index (κ3) is 13.0. The minimum absolute atomic E-state index is 0. The molecule has 0 radical (unpaired) electrons. The molecule has 0 aliphatic carbocycles. The first-order chi connectivity index (χ1) is 24.1. The summed E-state index contributed by atoms with van der Waals surface area (Å²) in [5.74, 6) is 0. The molecule has 8 rings (SSSR count). The summed E-state index contributed by atoms with van der Waals surface area (Å²) in [6.45, 7) is 5.72. The number of nitrogens with one attached hydrogen (secondary N) is 1. The van der Waals surface area contributed by atoms with Gasteiger partial charge in [0.05, 0.1) is 15.3 Å². The van der Waals surface area contributed by atoms with Crippen molar-refractivity contribution in [2.45, 2.75) is 29.6 Å². The summed E-state index contributed by atoms with van der Waals surface area (Å²) in [4.78, 5) is 7.67. The van der Waals surface area contributed by atoms with Crippen LogP contribution in [0.4, 0.5) is 0 Å². The van der Waals surface area contributed by atoms with Gasteiger partial charge < -0.3 is 16.9 Å². The number of nitrogens with zero attached hydrogens (tertiary/aromatic N) is 2. The van der Waals surface area contributed by atoms with Gasteiger partial charge in [-0.2, -0.15) is 12.6 Å². The molecule has 0 amide bonds. The van der Waals surface area contributed by atoms with Crippen molar-refractivity contribution in [1.29, 1.82) is 0 Å². The normalized spacial score (nSPS) is 10.4. The molecule has 52 heavy (non-hydrogen) atoms. The summed E-state index contributed by atoms with van der Waals surface area (Å²) >= 11 is 0. The molecule has 7 nitrogen and oxygen atoms in total. The average Bonchev–Trinajstić information content (AvgIpc) is 3.93. The Bertz CT molecular complexity index is 2290. The fourth-order valence-corrected chi connectivity index (χ4v) is 6.66. The molecule has 0 fully saturated rings. The van der Waals surface area contributed by atoms with Gasteiger partial charge in [0.1, 0.15) is 0 Å². The Balaban J connectivity index is 0.000000239.